The molecule has 8 heteroatoms. The number of aromatic nitrogens is 2. The normalized spacial score (nSPS) is 10.5. The Hall–Kier alpha value is -0.880. The highest BCUT2D eigenvalue weighted by Crippen LogP contribution is 2.36. The highest BCUT2D eigenvalue weighted by Gasteiger charge is 2.10. The fourth-order valence-corrected chi connectivity index (χ4v) is 2.21. The zero-order valence-electron chi connectivity index (χ0n) is 9.65. The van der Waals surface area contributed by atoms with E-state index in [2.05, 4.69) is 9.97 Å². The Bertz CT molecular complexity index is 624. The minimum atomic E-state index is 0.289. The minimum absolute atomic E-state index is 0.289. The van der Waals surface area contributed by atoms with Gasteiger partial charge in [-0.25, -0.2) is 4.98 Å². The first-order valence-corrected chi connectivity index (χ1v) is 7.36. The van der Waals surface area contributed by atoms with Crippen LogP contribution in [-0.2, 0) is 0 Å². The summed E-state index contributed by atoms with van der Waals surface area (Å²) in [6.07, 6.45) is 1.84. The smallest absolute Gasteiger partial charge is 0.225 e. The third kappa shape index (κ3) is 3.57. The first kappa shape index (κ1) is 14.5. The Morgan fingerprint density at radius 2 is 1.74 bits per heavy atom. The molecule has 1 heterocycles. The van der Waals surface area contributed by atoms with Gasteiger partial charge in [0, 0.05) is 12.1 Å². The molecule has 100 valence electrons. The first-order chi connectivity index (χ1) is 8.99. The number of rotatable bonds is 3. The van der Waals surface area contributed by atoms with E-state index < -0.39 is 0 Å². The molecular formula is C11H8Cl3N3OS. The van der Waals surface area contributed by atoms with E-state index in [1.165, 1.54) is 30.0 Å². The third-order valence-electron chi connectivity index (χ3n) is 2.07. The van der Waals surface area contributed by atoms with E-state index >= 15 is 0 Å². The molecule has 0 radical (unpaired) electrons. The predicted octanol–water partition coefficient (Wildman–Crippen LogP) is 4.53. The van der Waals surface area contributed by atoms with E-state index in [0.29, 0.717) is 31.8 Å². The Morgan fingerprint density at radius 1 is 1.05 bits per heavy atom. The lowest BCUT2D eigenvalue weighted by Gasteiger charge is -2.09. The van der Waals surface area contributed by atoms with Gasteiger partial charge < -0.3 is 10.5 Å². The molecule has 1 aromatic carbocycles. The fraction of sp³-hybridized carbons (Fsp3) is 0.0909. The highest BCUT2D eigenvalue weighted by atomic mass is 35.5. The van der Waals surface area contributed by atoms with Gasteiger partial charge in [-0.05, 0) is 12.3 Å². The number of hydrogen-bond acceptors (Lipinski definition) is 5. The van der Waals surface area contributed by atoms with Crippen molar-refractivity contribution in [1.82, 2.24) is 9.97 Å². The number of anilines is 1. The molecule has 0 saturated heterocycles. The zero-order chi connectivity index (χ0) is 14.0. The van der Waals surface area contributed by atoms with Gasteiger partial charge >= 0.3 is 0 Å². The number of ether oxygens (including phenoxy) is 1. The maximum absolute atomic E-state index is 6.02. The molecule has 0 unspecified atom stereocenters. The van der Waals surface area contributed by atoms with Crippen LogP contribution in [-0.4, -0.2) is 16.2 Å². The Labute approximate surface area is 129 Å². The summed E-state index contributed by atoms with van der Waals surface area (Å²) in [7, 11) is 0. The highest BCUT2D eigenvalue weighted by molar-refractivity contribution is 7.98. The lowest BCUT2D eigenvalue weighted by Crippen LogP contribution is -1.97. The second-order valence-electron chi connectivity index (χ2n) is 3.42. The second kappa shape index (κ2) is 6.05. The van der Waals surface area contributed by atoms with Crippen molar-refractivity contribution < 1.29 is 4.74 Å². The van der Waals surface area contributed by atoms with Crippen LogP contribution in [0.15, 0.2) is 23.4 Å². The predicted molar refractivity (Wildman–Crippen MR) is 79.8 cm³/mol. The fourth-order valence-electron chi connectivity index (χ4n) is 1.26. The minimum Gasteiger partial charge on any atom is -0.437 e. The van der Waals surface area contributed by atoms with Crippen LogP contribution in [0, 0.1) is 0 Å². The van der Waals surface area contributed by atoms with Gasteiger partial charge in [-0.3, -0.25) is 0 Å². The maximum atomic E-state index is 6.02. The summed E-state index contributed by atoms with van der Waals surface area (Å²) in [5.41, 5.74) is 5.66. The van der Waals surface area contributed by atoms with Crippen molar-refractivity contribution in [1.29, 1.82) is 0 Å². The van der Waals surface area contributed by atoms with Crippen LogP contribution in [0.3, 0.4) is 0 Å². The number of benzene rings is 1. The lowest BCUT2D eigenvalue weighted by molar-refractivity contribution is 0.456. The topological polar surface area (TPSA) is 61.0 Å². The van der Waals surface area contributed by atoms with Crippen molar-refractivity contribution in [3.63, 3.8) is 0 Å². The molecule has 0 aliphatic heterocycles. The van der Waals surface area contributed by atoms with Gasteiger partial charge in [0.05, 0.1) is 15.1 Å². The summed E-state index contributed by atoms with van der Waals surface area (Å²) in [4.78, 5) is 8.17. The summed E-state index contributed by atoms with van der Waals surface area (Å²) in [6, 6.07) is 4.52. The van der Waals surface area contributed by atoms with Crippen molar-refractivity contribution >= 4 is 52.4 Å². The molecule has 0 spiro atoms. The Morgan fingerprint density at radius 3 is 2.42 bits per heavy atom. The summed E-state index contributed by atoms with van der Waals surface area (Å²) in [5, 5.41) is 1.53. The van der Waals surface area contributed by atoms with Gasteiger partial charge in [-0.2, -0.15) is 4.98 Å². The van der Waals surface area contributed by atoms with E-state index in [1.807, 2.05) is 6.26 Å². The van der Waals surface area contributed by atoms with Crippen LogP contribution < -0.4 is 10.5 Å². The summed E-state index contributed by atoms with van der Waals surface area (Å²) in [6.45, 7) is 0. The Kier molecular flexibility index (Phi) is 4.62. The van der Waals surface area contributed by atoms with E-state index in [9.17, 15) is 0 Å². The average molecular weight is 337 g/mol. The van der Waals surface area contributed by atoms with Gasteiger partial charge in [0.25, 0.3) is 0 Å². The second-order valence-corrected chi connectivity index (χ2v) is 5.41. The summed E-state index contributed by atoms with van der Waals surface area (Å²) < 4.78 is 5.55. The average Bonchev–Trinajstić information content (AvgIpc) is 2.35. The molecular weight excluding hydrogens is 329 g/mol. The molecule has 2 rings (SSSR count). The van der Waals surface area contributed by atoms with E-state index in [1.54, 1.807) is 0 Å². The maximum Gasteiger partial charge on any atom is 0.225 e. The number of nitrogen functional groups attached to an aromatic ring is 1. The SMILES string of the molecule is CSc1nc(N)cc(Oc2cc(Cl)c(Cl)cc2Cl)n1. The quantitative estimate of drug-likeness (QED) is 0.507. The van der Waals surface area contributed by atoms with Crippen LogP contribution in [0.2, 0.25) is 15.1 Å². The van der Waals surface area contributed by atoms with E-state index in [0.717, 1.165) is 0 Å². The van der Waals surface area contributed by atoms with Crippen LogP contribution in [0.4, 0.5) is 5.82 Å². The van der Waals surface area contributed by atoms with E-state index in [-0.39, 0.29) is 5.88 Å². The molecule has 0 fully saturated rings. The molecule has 1 aromatic heterocycles. The standard InChI is InChI=1S/C11H8Cl3N3OS/c1-19-11-16-9(15)4-10(17-11)18-8-3-6(13)5(12)2-7(8)14/h2-4H,1H3,(H2,15,16,17). The molecule has 2 N–H and O–H groups in total. The monoisotopic (exact) mass is 335 g/mol. The summed E-state index contributed by atoms with van der Waals surface area (Å²) >= 11 is 19.1. The number of nitrogens with zero attached hydrogens (tertiary/aromatic N) is 2. The molecule has 4 nitrogen and oxygen atoms in total. The van der Waals surface area contributed by atoms with Crippen LogP contribution in [0.5, 0.6) is 11.6 Å². The van der Waals surface area contributed by atoms with Crippen molar-refractivity contribution in [3.05, 3.63) is 33.3 Å². The molecule has 0 atom stereocenters. The van der Waals surface area contributed by atoms with Crippen LogP contribution in [0.1, 0.15) is 0 Å². The number of nitrogens with two attached hydrogens (primary N) is 1. The zero-order valence-corrected chi connectivity index (χ0v) is 12.7. The third-order valence-corrected chi connectivity index (χ3v) is 3.64. The summed E-state index contributed by atoms with van der Waals surface area (Å²) in [5.74, 6) is 0.948. The van der Waals surface area contributed by atoms with Crippen molar-refractivity contribution in [2.45, 2.75) is 5.16 Å². The first-order valence-electron chi connectivity index (χ1n) is 5.00. The molecule has 0 saturated carbocycles. The Balaban J connectivity index is 2.36. The van der Waals surface area contributed by atoms with Crippen molar-refractivity contribution in [3.8, 4) is 11.6 Å². The van der Waals surface area contributed by atoms with Crippen molar-refractivity contribution in [2.24, 2.45) is 0 Å². The molecule has 0 aliphatic rings. The lowest BCUT2D eigenvalue weighted by atomic mass is 10.3. The number of hydrogen-bond donors (Lipinski definition) is 1. The molecule has 2 aromatic rings. The van der Waals surface area contributed by atoms with Crippen molar-refractivity contribution in [2.75, 3.05) is 12.0 Å². The molecule has 0 aliphatic carbocycles. The van der Waals surface area contributed by atoms with Crippen LogP contribution in [0.25, 0.3) is 0 Å². The molecule has 0 amide bonds. The number of thioether (sulfide) groups is 1. The van der Waals surface area contributed by atoms with Gasteiger partial charge in [0.2, 0.25) is 5.88 Å². The van der Waals surface area contributed by atoms with Gasteiger partial charge in [0.1, 0.15) is 11.6 Å². The van der Waals surface area contributed by atoms with Gasteiger partial charge in [0.15, 0.2) is 5.16 Å². The van der Waals surface area contributed by atoms with Crippen LogP contribution >= 0.6 is 46.6 Å². The van der Waals surface area contributed by atoms with Gasteiger partial charge in [-0.1, -0.05) is 46.6 Å². The number of halogens is 3. The molecule has 0 bridgehead atoms. The van der Waals surface area contributed by atoms with Gasteiger partial charge in [-0.15, -0.1) is 0 Å². The largest absolute Gasteiger partial charge is 0.437 e. The molecule has 19 heavy (non-hydrogen) atoms. The van der Waals surface area contributed by atoms with E-state index in [4.69, 9.17) is 45.3 Å².